The van der Waals surface area contributed by atoms with Crippen LogP contribution in [0.3, 0.4) is 0 Å². The standard InChI is InChI=1S/C20H40O3S/c1-2-3-4-5-6-7-8-9-10-11-12-13-14-15-16-17-18-19-20-24(21,22)23/h19-20H,2-18H2,1H3,(H,21,22,23). The van der Waals surface area contributed by atoms with Crippen LogP contribution in [0.1, 0.15) is 116 Å². The van der Waals surface area contributed by atoms with Crippen LogP contribution in [-0.2, 0) is 10.1 Å². The van der Waals surface area contributed by atoms with Crippen LogP contribution in [0.25, 0.3) is 0 Å². The van der Waals surface area contributed by atoms with Gasteiger partial charge in [-0.3, -0.25) is 4.55 Å². The van der Waals surface area contributed by atoms with E-state index in [2.05, 4.69) is 6.92 Å². The van der Waals surface area contributed by atoms with E-state index in [1.54, 1.807) is 6.08 Å². The monoisotopic (exact) mass is 360 g/mol. The Bertz CT molecular complexity index is 374. The summed E-state index contributed by atoms with van der Waals surface area (Å²) < 4.78 is 29.5. The highest BCUT2D eigenvalue weighted by Crippen LogP contribution is 2.14. The maximum absolute atomic E-state index is 10.5. The zero-order valence-corrected chi connectivity index (χ0v) is 16.7. The Kier molecular flexibility index (Phi) is 17.2. The first-order chi connectivity index (χ1) is 11.6. The van der Waals surface area contributed by atoms with Gasteiger partial charge in [0.1, 0.15) is 0 Å². The smallest absolute Gasteiger partial charge is 0.282 e. The van der Waals surface area contributed by atoms with E-state index in [1.807, 2.05) is 0 Å². The Balaban J connectivity index is 3.09. The molecule has 0 aromatic heterocycles. The maximum atomic E-state index is 10.5. The van der Waals surface area contributed by atoms with E-state index in [1.165, 1.54) is 89.9 Å². The van der Waals surface area contributed by atoms with Crippen LogP contribution in [0, 0.1) is 0 Å². The van der Waals surface area contributed by atoms with Crippen molar-refractivity contribution in [3.05, 3.63) is 11.5 Å². The topological polar surface area (TPSA) is 54.4 Å². The van der Waals surface area contributed by atoms with Gasteiger partial charge in [-0.2, -0.15) is 8.42 Å². The summed E-state index contributed by atoms with van der Waals surface area (Å²) in [5, 5.41) is 0.887. The summed E-state index contributed by atoms with van der Waals surface area (Å²) in [5.74, 6) is 0. The second-order valence-corrected chi connectivity index (χ2v) is 8.28. The molecule has 0 spiro atoms. The zero-order valence-electron chi connectivity index (χ0n) is 15.8. The lowest BCUT2D eigenvalue weighted by molar-refractivity contribution is 0.494. The highest BCUT2D eigenvalue weighted by molar-refractivity contribution is 7.88. The fourth-order valence-electron chi connectivity index (χ4n) is 3.00. The molecule has 0 rings (SSSR count). The molecule has 0 fully saturated rings. The summed E-state index contributed by atoms with van der Waals surface area (Å²) in [5.41, 5.74) is 0. The van der Waals surface area contributed by atoms with E-state index in [4.69, 9.17) is 4.55 Å². The first kappa shape index (κ1) is 23.6. The summed E-state index contributed by atoms with van der Waals surface area (Å²) in [4.78, 5) is 0. The molecular weight excluding hydrogens is 320 g/mol. The highest BCUT2D eigenvalue weighted by Gasteiger charge is 1.96. The Labute approximate surface area is 151 Å². The molecule has 1 N–H and O–H groups in total. The Hall–Kier alpha value is -0.350. The molecule has 0 saturated carbocycles. The SMILES string of the molecule is CCCCCCCCCCCCCCCCCCC=CS(=O)(=O)O. The van der Waals surface area contributed by atoms with Gasteiger partial charge in [-0.15, -0.1) is 0 Å². The average molecular weight is 361 g/mol. The van der Waals surface area contributed by atoms with Crippen LogP contribution in [-0.4, -0.2) is 13.0 Å². The van der Waals surface area contributed by atoms with Crippen molar-refractivity contribution in [1.29, 1.82) is 0 Å². The highest BCUT2D eigenvalue weighted by atomic mass is 32.2. The van der Waals surface area contributed by atoms with E-state index in [9.17, 15) is 8.42 Å². The van der Waals surface area contributed by atoms with Gasteiger partial charge in [0.2, 0.25) is 0 Å². The van der Waals surface area contributed by atoms with Gasteiger partial charge < -0.3 is 0 Å². The third-order valence-corrected chi connectivity index (χ3v) is 5.03. The molecule has 0 aliphatic rings. The van der Waals surface area contributed by atoms with Crippen molar-refractivity contribution in [2.75, 3.05) is 0 Å². The van der Waals surface area contributed by atoms with Gasteiger partial charge in [0.05, 0.1) is 5.41 Å². The Morgan fingerprint density at radius 2 is 0.958 bits per heavy atom. The summed E-state index contributed by atoms with van der Waals surface area (Å²) in [6.45, 7) is 2.27. The summed E-state index contributed by atoms with van der Waals surface area (Å²) in [6.07, 6.45) is 23.7. The van der Waals surface area contributed by atoms with Crippen LogP contribution < -0.4 is 0 Å². The molecule has 0 heterocycles. The molecule has 0 aliphatic heterocycles. The number of unbranched alkanes of at least 4 members (excludes halogenated alkanes) is 16. The number of rotatable bonds is 18. The van der Waals surface area contributed by atoms with Crippen LogP contribution in [0.15, 0.2) is 11.5 Å². The number of hydrogen-bond donors (Lipinski definition) is 1. The van der Waals surface area contributed by atoms with E-state index >= 15 is 0 Å². The molecule has 0 saturated heterocycles. The van der Waals surface area contributed by atoms with Gasteiger partial charge in [0.15, 0.2) is 0 Å². The Morgan fingerprint density at radius 1 is 0.625 bits per heavy atom. The lowest BCUT2D eigenvalue weighted by atomic mass is 10.0. The van der Waals surface area contributed by atoms with E-state index in [0.29, 0.717) is 0 Å². The van der Waals surface area contributed by atoms with Crippen LogP contribution in [0.5, 0.6) is 0 Å². The molecule has 0 amide bonds. The predicted molar refractivity (Wildman–Crippen MR) is 105 cm³/mol. The predicted octanol–water partition coefficient (Wildman–Crippen LogP) is 7.04. The largest absolute Gasteiger partial charge is 0.287 e. The summed E-state index contributed by atoms with van der Waals surface area (Å²) in [6, 6.07) is 0. The molecule has 0 aliphatic carbocycles. The first-order valence-corrected chi connectivity index (χ1v) is 11.7. The molecule has 0 aromatic rings. The minimum atomic E-state index is -3.93. The van der Waals surface area contributed by atoms with Crippen molar-refractivity contribution < 1.29 is 13.0 Å². The fourth-order valence-corrected chi connectivity index (χ4v) is 3.38. The third-order valence-electron chi connectivity index (χ3n) is 4.49. The van der Waals surface area contributed by atoms with Crippen molar-refractivity contribution in [2.24, 2.45) is 0 Å². The molecule has 3 nitrogen and oxygen atoms in total. The van der Waals surface area contributed by atoms with Gasteiger partial charge >= 0.3 is 0 Å². The molecule has 144 valence electrons. The lowest BCUT2D eigenvalue weighted by Gasteiger charge is -2.03. The quantitative estimate of drug-likeness (QED) is 0.211. The van der Waals surface area contributed by atoms with Gasteiger partial charge in [0.25, 0.3) is 10.1 Å². The first-order valence-electron chi connectivity index (χ1n) is 10.2. The van der Waals surface area contributed by atoms with Crippen molar-refractivity contribution in [3.63, 3.8) is 0 Å². The molecule has 24 heavy (non-hydrogen) atoms. The fraction of sp³-hybridized carbons (Fsp3) is 0.900. The summed E-state index contributed by atoms with van der Waals surface area (Å²) >= 11 is 0. The minimum Gasteiger partial charge on any atom is -0.282 e. The summed E-state index contributed by atoms with van der Waals surface area (Å²) in [7, 11) is -3.93. The number of hydrogen-bond acceptors (Lipinski definition) is 2. The van der Waals surface area contributed by atoms with Crippen molar-refractivity contribution in [1.82, 2.24) is 0 Å². The Morgan fingerprint density at radius 3 is 1.29 bits per heavy atom. The molecule has 0 atom stereocenters. The van der Waals surface area contributed by atoms with Crippen LogP contribution in [0.4, 0.5) is 0 Å². The van der Waals surface area contributed by atoms with Crippen molar-refractivity contribution >= 4 is 10.1 Å². The molecule has 0 radical (unpaired) electrons. The van der Waals surface area contributed by atoms with Crippen molar-refractivity contribution in [2.45, 2.75) is 116 Å². The van der Waals surface area contributed by atoms with Crippen molar-refractivity contribution in [3.8, 4) is 0 Å². The average Bonchev–Trinajstić information content (AvgIpc) is 2.52. The minimum absolute atomic E-state index is 0.734. The van der Waals surface area contributed by atoms with Crippen LogP contribution >= 0.6 is 0 Å². The van der Waals surface area contributed by atoms with Gasteiger partial charge in [-0.05, 0) is 12.8 Å². The second-order valence-electron chi connectivity index (χ2n) is 6.98. The molecular formula is C20H40O3S. The van der Waals surface area contributed by atoms with E-state index in [-0.39, 0.29) is 0 Å². The van der Waals surface area contributed by atoms with Gasteiger partial charge in [-0.25, -0.2) is 0 Å². The van der Waals surface area contributed by atoms with E-state index in [0.717, 1.165) is 24.7 Å². The molecule has 0 bridgehead atoms. The second kappa shape index (κ2) is 17.5. The van der Waals surface area contributed by atoms with Crippen LogP contribution in [0.2, 0.25) is 0 Å². The zero-order chi connectivity index (χ0) is 17.9. The van der Waals surface area contributed by atoms with Gasteiger partial charge in [0, 0.05) is 0 Å². The molecule has 0 aromatic carbocycles. The third kappa shape index (κ3) is 21.6. The van der Waals surface area contributed by atoms with Gasteiger partial charge in [-0.1, -0.05) is 109 Å². The maximum Gasteiger partial charge on any atom is 0.287 e. The normalized spacial score (nSPS) is 12.2. The van der Waals surface area contributed by atoms with E-state index < -0.39 is 10.1 Å². The molecule has 0 unspecified atom stereocenters. The lowest BCUT2D eigenvalue weighted by Crippen LogP contribution is -1.89. The molecule has 4 heteroatoms. The number of allylic oxidation sites excluding steroid dienone is 1.